The predicted octanol–water partition coefficient (Wildman–Crippen LogP) is 4.22. The van der Waals surface area contributed by atoms with Crippen molar-refractivity contribution in [2.45, 2.75) is 17.6 Å². The van der Waals surface area contributed by atoms with E-state index >= 15 is 0 Å². The van der Waals surface area contributed by atoms with Crippen LogP contribution in [0.3, 0.4) is 0 Å². The summed E-state index contributed by atoms with van der Waals surface area (Å²) in [5.41, 5.74) is 0.943. The van der Waals surface area contributed by atoms with Gasteiger partial charge in [0.2, 0.25) is 0 Å². The molecule has 0 amide bonds. The zero-order chi connectivity index (χ0) is 16.1. The maximum absolute atomic E-state index is 13.4. The first-order valence-electron chi connectivity index (χ1n) is 6.77. The van der Waals surface area contributed by atoms with Gasteiger partial charge in [-0.3, -0.25) is 0 Å². The Bertz CT molecular complexity index is 778. The van der Waals surface area contributed by atoms with Crippen molar-refractivity contribution in [1.82, 2.24) is 10.2 Å². The Morgan fingerprint density at radius 2 is 1.78 bits per heavy atom. The smallest absolute Gasteiger partial charge is 0.277 e. The van der Waals surface area contributed by atoms with Crippen molar-refractivity contribution in [3.63, 3.8) is 0 Å². The molecule has 0 unspecified atom stereocenters. The molecule has 0 aliphatic heterocycles. The largest absolute Gasteiger partial charge is 0.481 e. The monoisotopic (exact) mass is 334 g/mol. The Hall–Kier alpha value is -2.41. The summed E-state index contributed by atoms with van der Waals surface area (Å²) < 4.78 is 36.9. The molecule has 0 spiro atoms. The van der Waals surface area contributed by atoms with E-state index in [9.17, 15) is 8.78 Å². The Morgan fingerprint density at radius 1 is 1.00 bits per heavy atom. The van der Waals surface area contributed by atoms with Crippen LogP contribution in [-0.2, 0) is 12.4 Å². The van der Waals surface area contributed by atoms with Gasteiger partial charge in [-0.25, -0.2) is 8.78 Å². The summed E-state index contributed by atoms with van der Waals surface area (Å²) in [4.78, 5) is 0. The summed E-state index contributed by atoms with van der Waals surface area (Å²) in [6.45, 7) is -0.00889. The van der Waals surface area contributed by atoms with Crippen LogP contribution in [0.2, 0.25) is 0 Å². The molecular formula is C16H12F2N2O2S. The van der Waals surface area contributed by atoms with E-state index < -0.39 is 5.82 Å². The highest BCUT2D eigenvalue weighted by Gasteiger charge is 2.09. The van der Waals surface area contributed by atoms with Crippen molar-refractivity contribution in [1.29, 1.82) is 0 Å². The minimum atomic E-state index is -0.446. The van der Waals surface area contributed by atoms with Crippen LogP contribution in [-0.4, -0.2) is 10.2 Å². The van der Waals surface area contributed by atoms with Gasteiger partial charge in [0.15, 0.2) is 18.2 Å². The van der Waals surface area contributed by atoms with E-state index in [0.717, 1.165) is 5.56 Å². The Morgan fingerprint density at radius 3 is 2.57 bits per heavy atom. The van der Waals surface area contributed by atoms with Crippen LogP contribution in [0.1, 0.15) is 11.5 Å². The molecule has 1 heterocycles. The molecular weight excluding hydrogens is 322 g/mol. The molecule has 118 valence electrons. The second-order valence-corrected chi connectivity index (χ2v) is 5.52. The standard InChI is InChI=1S/C16H12F2N2O2S/c17-12-7-5-11(6-8-12)10-23-16-20-19-15(22-16)9-21-14-4-2-1-3-13(14)18/h1-8H,9-10H2. The number of benzene rings is 2. The van der Waals surface area contributed by atoms with Gasteiger partial charge in [0.05, 0.1) is 0 Å². The highest BCUT2D eigenvalue weighted by Crippen LogP contribution is 2.22. The van der Waals surface area contributed by atoms with Crippen LogP contribution in [0, 0.1) is 11.6 Å². The minimum Gasteiger partial charge on any atom is -0.481 e. The van der Waals surface area contributed by atoms with Gasteiger partial charge < -0.3 is 9.15 Å². The summed E-state index contributed by atoms with van der Waals surface area (Å²) in [5, 5.41) is 8.10. The van der Waals surface area contributed by atoms with Gasteiger partial charge in [0, 0.05) is 5.75 Å². The number of aromatic nitrogens is 2. The van der Waals surface area contributed by atoms with E-state index in [1.54, 1.807) is 24.3 Å². The molecule has 3 aromatic rings. The van der Waals surface area contributed by atoms with Crippen LogP contribution in [0.25, 0.3) is 0 Å². The van der Waals surface area contributed by atoms with Gasteiger partial charge >= 0.3 is 0 Å². The Labute approximate surface area is 135 Å². The van der Waals surface area contributed by atoms with E-state index in [2.05, 4.69) is 10.2 Å². The van der Waals surface area contributed by atoms with Crippen molar-refractivity contribution >= 4 is 11.8 Å². The molecule has 23 heavy (non-hydrogen) atoms. The summed E-state index contributed by atoms with van der Waals surface area (Å²) in [6, 6.07) is 12.3. The first-order chi connectivity index (χ1) is 11.2. The van der Waals surface area contributed by atoms with E-state index in [4.69, 9.17) is 9.15 Å². The molecule has 0 aliphatic carbocycles. The molecule has 0 saturated heterocycles. The number of thioether (sulfide) groups is 1. The van der Waals surface area contributed by atoms with Crippen molar-refractivity contribution in [2.75, 3.05) is 0 Å². The van der Waals surface area contributed by atoms with Gasteiger partial charge in [0.1, 0.15) is 5.82 Å². The zero-order valence-electron chi connectivity index (χ0n) is 11.9. The molecule has 1 aromatic heterocycles. The predicted molar refractivity (Wildman–Crippen MR) is 81.0 cm³/mol. The number of hydrogen-bond acceptors (Lipinski definition) is 5. The SMILES string of the molecule is Fc1ccc(CSc2nnc(COc3ccccc3F)o2)cc1. The molecule has 0 fully saturated rings. The highest BCUT2D eigenvalue weighted by atomic mass is 32.2. The van der Waals surface area contributed by atoms with Gasteiger partial charge in [-0.15, -0.1) is 10.2 Å². The normalized spacial score (nSPS) is 10.7. The van der Waals surface area contributed by atoms with E-state index in [-0.39, 0.29) is 24.1 Å². The fraction of sp³-hybridized carbons (Fsp3) is 0.125. The molecule has 0 radical (unpaired) electrons. The molecule has 7 heteroatoms. The number of nitrogens with zero attached hydrogens (tertiary/aromatic N) is 2. The van der Waals surface area contributed by atoms with Crippen LogP contribution in [0.5, 0.6) is 5.75 Å². The van der Waals surface area contributed by atoms with Crippen LogP contribution < -0.4 is 4.74 Å². The lowest BCUT2D eigenvalue weighted by Gasteiger charge is -2.03. The minimum absolute atomic E-state index is 0.00889. The van der Waals surface area contributed by atoms with Gasteiger partial charge in [-0.1, -0.05) is 36.0 Å². The second-order valence-electron chi connectivity index (χ2n) is 4.60. The molecule has 0 atom stereocenters. The number of halogens is 2. The lowest BCUT2D eigenvalue weighted by Crippen LogP contribution is -1.97. The summed E-state index contributed by atoms with van der Waals surface area (Å²) in [5.74, 6) is 0.249. The van der Waals surface area contributed by atoms with E-state index in [1.807, 2.05) is 0 Å². The van der Waals surface area contributed by atoms with Gasteiger partial charge in [-0.2, -0.15) is 0 Å². The third-order valence-corrected chi connectivity index (χ3v) is 3.80. The number of rotatable bonds is 6. The van der Waals surface area contributed by atoms with Crippen molar-refractivity contribution in [3.8, 4) is 5.75 Å². The average Bonchev–Trinajstić information content (AvgIpc) is 3.02. The number of para-hydroxylation sites is 1. The Kier molecular flexibility index (Phi) is 4.87. The lowest BCUT2D eigenvalue weighted by molar-refractivity contribution is 0.242. The first-order valence-corrected chi connectivity index (χ1v) is 7.76. The summed E-state index contributed by atoms with van der Waals surface area (Å²) in [6.07, 6.45) is 0. The van der Waals surface area contributed by atoms with Gasteiger partial charge in [0.25, 0.3) is 11.1 Å². The molecule has 3 rings (SSSR count). The first kappa shape index (κ1) is 15.5. The maximum atomic E-state index is 13.4. The Balaban J connectivity index is 1.53. The summed E-state index contributed by atoms with van der Waals surface area (Å²) >= 11 is 1.33. The zero-order valence-corrected chi connectivity index (χ0v) is 12.7. The molecule has 2 aromatic carbocycles. The van der Waals surface area contributed by atoms with Crippen LogP contribution in [0.15, 0.2) is 58.2 Å². The second kappa shape index (κ2) is 7.23. The van der Waals surface area contributed by atoms with Crippen molar-refractivity contribution in [3.05, 3.63) is 71.6 Å². The topological polar surface area (TPSA) is 48.2 Å². The third-order valence-electron chi connectivity index (χ3n) is 2.91. The van der Waals surface area contributed by atoms with Crippen LogP contribution in [0.4, 0.5) is 8.78 Å². The van der Waals surface area contributed by atoms with Crippen molar-refractivity contribution in [2.24, 2.45) is 0 Å². The molecule has 4 nitrogen and oxygen atoms in total. The quantitative estimate of drug-likeness (QED) is 0.632. The van der Waals surface area contributed by atoms with Crippen LogP contribution >= 0.6 is 11.8 Å². The van der Waals surface area contributed by atoms with Gasteiger partial charge in [-0.05, 0) is 29.8 Å². The van der Waals surface area contributed by atoms with E-state index in [1.165, 1.54) is 36.0 Å². The maximum Gasteiger partial charge on any atom is 0.277 e. The molecule has 0 N–H and O–H groups in total. The average molecular weight is 334 g/mol. The lowest BCUT2D eigenvalue weighted by atomic mass is 10.2. The number of hydrogen-bond donors (Lipinski definition) is 0. The fourth-order valence-corrected chi connectivity index (χ4v) is 2.52. The molecule has 0 aliphatic rings. The van der Waals surface area contributed by atoms with Crippen molar-refractivity contribution < 1.29 is 17.9 Å². The van der Waals surface area contributed by atoms with E-state index in [0.29, 0.717) is 11.0 Å². The third kappa shape index (κ3) is 4.29. The molecule has 0 bridgehead atoms. The fourth-order valence-electron chi connectivity index (χ4n) is 1.78. The summed E-state index contributed by atoms with van der Waals surface area (Å²) in [7, 11) is 0. The highest BCUT2D eigenvalue weighted by molar-refractivity contribution is 7.98. The molecule has 0 saturated carbocycles. The number of ether oxygens (including phenoxy) is 1.